The first-order valence-corrected chi connectivity index (χ1v) is 10.4. The van der Waals surface area contributed by atoms with E-state index in [2.05, 4.69) is 22.5 Å². The van der Waals surface area contributed by atoms with E-state index < -0.39 is 0 Å². The summed E-state index contributed by atoms with van der Waals surface area (Å²) in [5.41, 5.74) is 1.70. The van der Waals surface area contributed by atoms with Gasteiger partial charge in [0.05, 0.1) is 14.9 Å². The lowest BCUT2D eigenvalue weighted by molar-refractivity contribution is 0.104. The fraction of sp³-hybridized carbons (Fsp3) is 0.350. The maximum atomic E-state index is 12.9. The van der Waals surface area contributed by atoms with Crippen molar-refractivity contribution in [2.45, 2.75) is 26.3 Å². The van der Waals surface area contributed by atoms with Gasteiger partial charge in [-0.1, -0.05) is 29.3 Å². The molecule has 3 nitrogen and oxygen atoms in total. The molecule has 2 aromatic heterocycles. The van der Waals surface area contributed by atoms with E-state index in [1.54, 1.807) is 18.2 Å². The lowest BCUT2D eigenvalue weighted by atomic mass is 10.1. The maximum Gasteiger partial charge on any atom is 0.204 e. The molecule has 3 heterocycles. The SMILES string of the molecule is Cc1cc2cc(C(=O)c3cccc(Cl)c3Cl)sc2n1CCN1CCCC1. The lowest BCUT2D eigenvalue weighted by Crippen LogP contribution is -2.24. The van der Waals surface area contributed by atoms with Gasteiger partial charge >= 0.3 is 0 Å². The van der Waals surface area contributed by atoms with Crippen molar-refractivity contribution < 1.29 is 4.79 Å². The average Bonchev–Trinajstić information content (AvgIpc) is 3.32. The van der Waals surface area contributed by atoms with Crippen LogP contribution in [0.2, 0.25) is 10.0 Å². The molecular formula is C20H20Cl2N2OS. The topological polar surface area (TPSA) is 25.2 Å². The van der Waals surface area contributed by atoms with Gasteiger partial charge in [-0.15, -0.1) is 11.3 Å². The number of hydrogen-bond donors (Lipinski definition) is 0. The fourth-order valence-electron chi connectivity index (χ4n) is 3.62. The van der Waals surface area contributed by atoms with Gasteiger partial charge in [0.1, 0.15) is 4.83 Å². The first-order chi connectivity index (χ1) is 12.5. The standard InChI is InChI=1S/C20H20Cl2N2OS/c1-13-11-14-12-17(19(25)15-5-4-6-16(21)18(15)22)26-20(14)24(13)10-9-23-7-2-3-8-23/h4-6,11-12H,2-3,7-10H2,1H3. The van der Waals surface area contributed by atoms with Crippen molar-refractivity contribution in [3.63, 3.8) is 0 Å². The Morgan fingerprint density at radius 1 is 1.15 bits per heavy atom. The van der Waals surface area contributed by atoms with E-state index in [0.29, 0.717) is 20.5 Å². The smallest absolute Gasteiger partial charge is 0.204 e. The number of nitrogens with zero attached hydrogens (tertiary/aromatic N) is 2. The number of aromatic nitrogens is 1. The first kappa shape index (κ1) is 18.1. The third kappa shape index (κ3) is 3.31. The van der Waals surface area contributed by atoms with E-state index in [4.69, 9.17) is 23.2 Å². The van der Waals surface area contributed by atoms with Crippen LogP contribution in [0.25, 0.3) is 10.2 Å². The number of thiophene rings is 1. The number of fused-ring (bicyclic) bond motifs is 1. The van der Waals surface area contributed by atoms with Crippen molar-refractivity contribution in [3.05, 3.63) is 56.5 Å². The number of ketones is 1. The second-order valence-corrected chi connectivity index (χ2v) is 8.60. The second-order valence-electron chi connectivity index (χ2n) is 6.79. The maximum absolute atomic E-state index is 12.9. The third-order valence-electron chi connectivity index (χ3n) is 5.03. The van der Waals surface area contributed by atoms with Crippen LogP contribution < -0.4 is 0 Å². The van der Waals surface area contributed by atoms with E-state index in [1.165, 1.54) is 43.0 Å². The van der Waals surface area contributed by atoms with Crippen LogP contribution in [0.5, 0.6) is 0 Å². The van der Waals surface area contributed by atoms with Crippen molar-refractivity contribution in [2.75, 3.05) is 19.6 Å². The van der Waals surface area contributed by atoms with Gasteiger partial charge in [-0.25, -0.2) is 0 Å². The quantitative estimate of drug-likeness (QED) is 0.511. The molecule has 0 saturated carbocycles. The van der Waals surface area contributed by atoms with E-state index in [0.717, 1.165) is 23.3 Å². The van der Waals surface area contributed by atoms with Gasteiger partial charge in [-0.05, 0) is 57.1 Å². The molecule has 4 rings (SSSR count). The molecule has 26 heavy (non-hydrogen) atoms. The highest BCUT2D eigenvalue weighted by atomic mass is 35.5. The van der Waals surface area contributed by atoms with Crippen LogP contribution in [-0.4, -0.2) is 34.9 Å². The number of carbonyl (C=O) groups is 1. The summed E-state index contributed by atoms with van der Waals surface area (Å²) in [5, 5.41) is 1.85. The van der Waals surface area contributed by atoms with Crippen molar-refractivity contribution in [1.29, 1.82) is 0 Å². The third-order valence-corrected chi connectivity index (χ3v) is 7.03. The molecule has 136 valence electrons. The zero-order valence-corrected chi connectivity index (χ0v) is 16.9. The minimum Gasteiger partial charge on any atom is -0.335 e. The summed E-state index contributed by atoms with van der Waals surface area (Å²) in [4.78, 5) is 17.3. The van der Waals surface area contributed by atoms with Gasteiger partial charge in [0.25, 0.3) is 0 Å². The van der Waals surface area contributed by atoms with Gasteiger partial charge in [0.2, 0.25) is 5.78 Å². The molecule has 0 radical (unpaired) electrons. The minimum absolute atomic E-state index is 0.0672. The number of likely N-dealkylation sites (tertiary alicyclic amines) is 1. The Kier molecular flexibility index (Phi) is 5.11. The molecule has 0 bridgehead atoms. The number of rotatable bonds is 5. The Morgan fingerprint density at radius 2 is 1.92 bits per heavy atom. The molecule has 1 aliphatic heterocycles. The van der Waals surface area contributed by atoms with Crippen LogP contribution in [0.1, 0.15) is 33.8 Å². The first-order valence-electron chi connectivity index (χ1n) is 8.85. The molecular weight excluding hydrogens is 387 g/mol. The van der Waals surface area contributed by atoms with Crippen molar-refractivity contribution >= 4 is 50.5 Å². The Balaban J connectivity index is 1.63. The van der Waals surface area contributed by atoms with E-state index in [-0.39, 0.29) is 5.78 Å². The summed E-state index contributed by atoms with van der Waals surface area (Å²) in [5.74, 6) is -0.0672. The predicted molar refractivity (Wildman–Crippen MR) is 110 cm³/mol. The molecule has 1 aliphatic rings. The van der Waals surface area contributed by atoms with Crippen LogP contribution in [-0.2, 0) is 6.54 Å². The summed E-state index contributed by atoms with van der Waals surface area (Å²) in [6.45, 7) is 6.55. The highest BCUT2D eigenvalue weighted by Crippen LogP contribution is 2.33. The number of halogens is 2. The Hall–Kier alpha value is -1.33. The summed E-state index contributed by atoms with van der Waals surface area (Å²) in [6.07, 6.45) is 2.61. The summed E-state index contributed by atoms with van der Waals surface area (Å²) < 4.78 is 2.33. The molecule has 0 atom stereocenters. The molecule has 3 aromatic rings. The van der Waals surface area contributed by atoms with Crippen LogP contribution in [0.3, 0.4) is 0 Å². The minimum atomic E-state index is -0.0672. The fourth-order valence-corrected chi connectivity index (χ4v) is 5.19. The molecule has 0 spiro atoms. The largest absolute Gasteiger partial charge is 0.335 e. The number of hydrogen-bond acceptors (Lipinski definition) is 3. The second kappa shape index (κ2) is 7.35. The van der Waals surface area contributed by atoms with Crippen LogP contribution >= 0.6 is 34.5 Å². The zero-order chi connectivity index (χ0) is 18.3. The number of aryl methyl sites for hydroxylation is 1. The van der Waals surface area contributed by atoms with Crippen molar-refractivity contribution in [3.8, 4) is 0 Å². The summed E-state index contributed by atoms with van der Waals surface area (Å²) in [6, 6.07) is 9.31. The molecule has 1 aromatic carbocycles. The van der Waals surface area contributed by atoms with Crippen molar-refractivity contribution in [2.24, 2.45) is 0 Å². The molecule has 0 unspecified atom stereocenters. The number of carbonyl (C=O) groups excluding carboxylic acids is 1. The average molecular weight is 407 g/mol. The zero-order valence-electron chi connectivity index (χ0n) is 14.6. The monoisotopic (exact) mass is 406 g/mol. The number of benzene rings is 1. The molecule has 0 amide bonds. The van der Waals surface area contributed by atoms with E-state index in [1.807, 2.05) is 6.07 Å². The van der Waals surface area contributed by atoms with Gasteiger partial charge in [-0.3, -0.25) is 4.79 Å². The highest BCUT2D eigenvalue weighted by Gasteiger charge is 2.20. The summed E-state index contributed by atoms with van der Waals surface area (Å²) in [7, 11) is 0. The van der Waals surface area contributed by atoms with Gasteiger partial charge in [0.15, 0.2) is 0 Å². The van der Waals surface area contributed by atoms with E-state index >= 15 is 0 Å². The van der Waals surface area contributed by atoms with Gasteiger partial charge < -0.3 is 9.47 Å². The van der Waals surface area contributed by atoms with Gasteiger partial charge in [-0.2, -0.15) is 0 Å². The van der Waals surface area contributed by atoms with E-state index in [9.17, 15) is 4.79 Å². The Bertz CT molecular complexity index is 970. The lowest BCUT2D eigenvalue weighted by Gasteiger charge is -2.16. The Morgan fingerprint density at radius 3 is 2.69 bits per heavy atom. The molecule has 0 N–H and O–H groups in total. The highest BCUT2D eigenvalue weighted by molar-refractivity contribution is 7.20. The molecule has 0 aliphatic carbocycles. The summed E-state index contributed by atoms with van der Waals surface area (Å²) >= 11 is 13.8. The van der Waals surface area contributed by atoms with Crippen LogP contribution in [0.4, 0.5) is 0 Å². The van der Waals surface area contributed by atoms with Crippen molar-refractivity contribution in [1.82, 2.24) is 9.47 Å². The predicted octanol–water partition coefficient (Wildman–Crippen LogP) is 5.64. The van der Waals surface area contributed by atoms with Gasteiger partial charge in [0, 0.05) is 29.7 Å². The Labute approximate surface area is 167 Å². The van der Waals surface area contributed by atoms with Crippen LogP contribution in [0, 0.1) is 6.92 Å². The normalized spacial score (nSPS) is 15.2. The molecule has 6 heteroatoms. The van der Waals surface area contributed by atoms with Crippen LogP contribution in [0.15, 0.2) is 30.3 Å². The molecule has 1 fully saturated rings. The molecule has 1 saturated heterocycles.